The molecule has 0 spiro atoms. The fourth-order valence-electron chi connectivity index (χ4n) is 2.20. The number of hydrogen-bond donors (Lipinski definition) is 0. The minimum atomic E-state index is -0.429. The maximum Gasteiger partial charge on any atom is 0.343 e. The van der Waals surface area contributed by atoms with Crippen LogP contribution >= 0.6 is 11.6 Å². The fraction of sp³-hybridized carbons (Fsp3) is 0.0588. The maximum atomic E-state index is 12.2. The van der Waals surface area contributed by atoms with E-state index >= 15 is 0 Å². The Morgan fingerprint density at radius 1 is 1.05 bits per heavy atom. The highest BCUT2D eigenvalue weighted by Crippen LogP contribution is 2.16. The molecule has 0 bridgehead atoms. The Labute approximate surface area is 125 Å². The van der Waals surface area contributed by atoms with Crippen LogP contribution in [0.15, 0.2) is 63.8 Å². The normalized spacial score (nSPS) is 10.7. The lowest BCUT2D eigenvalue weighted by Gasteiger charge is -2.03. The molecule has 1 aromatic heterocycles. The number of carbonyl (C=O) groups is 1. The van der Waals surface area contributed by atoms with Gasteiger partial charge in [0.05, 0.1) is 11.8 Å². The van der Waals surface area contributed by atoms with Gasteiger partial charge in [-0.25, -0.2) is 4.79 Å². The minimum Gasteiger partial charge on any atom is -0.427 e. The fourth-order valence-corrected chi connectivity index (χ4v) is 2.39. The van der Waals surface area contributed by atoms with Crippen molar-refractivity contribution in [2.24, 2.45) is 0 Å². The van der Waals surface area contributed by atoms with Crippen molar-refractivity contribution >= 4 is 28.2 Å². The number of rotatable bonds is 3. The highest BCUT2D eigenvalue weighted by atomic mass is 35.5. The van der Waals surface area contributed by atoms with Gasteiger partial charge in [0.15, 0.2) is 5.78 Å². The van der Waals surface area contributed by atoms with E-state index < -0.39 is 5.63 Å². The molecule has 0 N–H and O–H groups in total. The molecule has 0 aliphatic heterocycles. The van der Waals surface area contributed by atoms with Gasteiger partial charge in [0, 0.05) is 10.6 Å². The molecule has 0 fully saturated rings. The summed E-state index contributed by atoms with van der Waals surface area (Å²) in [7, 11) is 0. The molecule has 0 atom stereocenters. The second kappa shape index (κ2) is 5.54. The minimum absolute atomic E-state index is 0.0282. The third-order valence-corrected chi connectivity index (χ3v) is 3.44. The number of halogens is 1. The van der Waals surface area contributed by atoms with Gasteiger partial charge in [0.1, 0.15) is 5.76 Å². The van der Waals surface area contributed by atoms with Crippen molar-refractivity contribution in [1.29, 1.82) is 0 Å². The van der Waals surface area contributed by atoms with Crippen molar-refractivity contribution in [2.45, 2.75) is 6.42 Å². The van der Waals surface area contributed by atoms with Crippen LogP contribution in [0, 0.1) is 0 Å². The first-order chi connectivity index (χ1) is 10.1. The first kappa shape index (κ1) is 13.6. The molecule has 4 heteroatoms. The van der Waals surface area contributed by atoms with Gasteiger partial charge in [-0.05, 0) is 29.7 Å². The second-order valence-electron chi connectivity index (χ2n) is 4.70. The van der Waals surface area contributed by atoms with E-state index in [1.807, 2.05) is 12.1 Å². The Balaban J connectivity index is 1.95. The van der Waals surface area contributed by atoms with E-state index in [1.165, 1.54) is 0 Å². The lowest BCUT2D eigenvalue weighted by atomic mass is 10.1. The molecule has 0 aliphatic rings. The van der Waals surface area contributed by atoms with Crippen molar-refractivity contribution in [3.8, 4) is 0 Å². The van der Waals surface area contributed by atoms with E-state index in [2.05, 4.69) is 0 Å². The van der Waals surface area contributed by atoms with Crippen LogP contribution in [0.3, 0.4) is 0 Å². The Bertz CT molecular complexity index is 880. The lowest BCUT2D eigenvalue weighted by Crippen LogP contribution is -2.07. The van der Waals surface area contributed by atoms with E-state index in [-0.39, 0.29) is 12.2 Å². The Morgan fingerprint density at radius 3 is 2.67 bits per heavy atom. The summed E-state index contributed by atoms with van der Waals surface area (Å²) < 4.78 is 5.20. The molecule has 21 heavy (non-hydrogen) atoms. The topological polar surface area (TPSA) is 47.3 Å². The quantitative estimate of drug-likeness (QED) is 0.690. The lowest BCUT2D eigenvalue weighted by molar-refractivity contribution is 0.0986. The van der Waals surface area contributed by atoms with Gasteiger partial charge in [-0.15, -0.1) is 0 Å². The third kappa shape index (κ3) is 2.88. The van der Waals surface area contributed by atoms with E-state index in [0.29, 0.717) is 21.7 Å². The van der Waals surface area contributed by atoms with Crippen LogP contribution in [-0.2, 0) is 6.42 Å². The van der Waals surface area contributed by atoms with Crippen LogP contribution in [0.2, 0.25) is 5.02 Å². The average molecular weight is 299 g/mol. The van der Waals surface area contributed by atoms with Crippen LogP contribution in [0.25, 0.3) is 10.8 Å². The number of Topliss-reactive ketones (excluding diaryl/α,β-unsaturated/α-hetero) is 1. The van der Waals surface area contributed by atoms with Crippen LogP contribution in [0.5, 0.6) is 0 Å². The van der Waals surface area contributed by atoms with Gasteiger partial charge in [-0.2, -0.15) is 0 Å². The molecule has 3 rings (SSSR count). The van der Waals surface area contributed by atoms with Crippen molar-refractivity contribution in [3.05, 3.63) is 81.4 Å². The molecule has 3 nitrogen and oxygen atoms in total. The van der Waals surface area contributed by atoms with Crippen molar-refractivity contribution in [2.75, 3.05) is 0 Å². The number of ketones is 1. The van der Waals surface area contributed by atoms with Gasteiger partial charge in [-0.1, -0.05) is 41.9 Å². The number of benzene rings is 2. The number of fused-ring (bicyclic) bond motifs is 1. The highest BCUT2D eigenvalue weighted by molar-refractivity contribution is 6.31. The molecule has 0 saturated heterocycles. The largest absolute Gasteiger partial charge is 0.427 e. The summed E-state index contributed by atoms with van der Waals surface area (Å²) >= 11 is 5.87. The molecule has 104 valence electrons. The second-order valence-corrected chi connectivity index (χ2v) is 5.13. The summed E-state index contributed by atoms with van der Waals surface area (Å²) in [6.45, 7) is 0. The standard InChI is InChI=1S/C17H11ClO3/c18-13-6-3-5-12(8-13)16(19)10-14-9-11-4-1-2-7-15(11)17(20)21-14/h1-9H,10H2. The van der Waals surface area contributed by atoms with Crippen molar-refractivity contribution < 1.29 is 9.21 Å². The molecule has 0 amide bonds. The van der Waals surface area contributed by atoms with E-state index in [0.717, 1.165) is 5.39 Å². The molecule has 2 aromatic carbocycles. The molecule has 0 unspecified atom stereocenters. The molecule has 1 heterocycles. The van der Waals surface area contributed by atoms with Gasteiger partial charge in [0.2, 0.25) is 0 Å². The Hall–Kier alpha value is -2.39. The maximum absolute atomic E-state index is 12.2. The van der Waals surface area contributed by atoms with E-state index in [9.17, 15) is 9.59 Å². The van der Waals surface area contributed by atoms with Crippen LogP contribution in [0.4, 0.5) is 0 Å². The molecular weight excluding hydrogens is 288 g/mol. The molecule has 0 radical (unpaired) electrons. The SMILES string of the molecule is O=C(Cc1cc2ccccc2c(=O)o1)c1cccc(Cl)c1. The monoisotopic (exact) mass is 298 g/mol. The number of carbonyl (C=O) groups excluding carboxylic acids is 1. The van der Waals surface area contributed by atoms with Crippen LogP contribution in [-0.4, -0.2) is 5.78 Å². The highest BCUT2D eigenvalue weighted by Gasteiger charge is 2.11. The summed E-state index contributed by atoms with van der Waals surface area (Å²) in [5, 5.41) is 1.78. The zero-order valence-electron chi connectivity index (χ0n) is 11.0. The van der Waals surface area contributed by atoms with Gasteiger partial charge < -0.3 is 4.42 Å². The summed E-state index contributed by atoms with van der Waals surface area (Å²) in [6.07, 6.45) is 0.0282. The number of hydrogen-bond acceptors (Lipinski definition) is 3. The predicted octanol–water partition coefficient (Wildman–Crippen LogP) is 3.87. The molecular formula is C17H11ClO3. The van der Waals surface area contributed by atoms with Crippen LogP contribution < -0.4 is 5.63 Å². The first-order valence-electron chi connectivity index (χ1n) is 6.44. The predicted molar refractivity (Wildman–Crippen MR) is 82.0 cm³/mol. The zero-order chi connectivity index (χ0) is 14.8. The van der Waals surface area contributed by atoms with E-state index in [4.69, 9.17) is 16.0 Å². The molecule has 0 aliphatic carbocycles. The summed E-state index contributed by atoms with van der Waals surface area (Å²) in [4.78, 5) is 24.1. The summed E-state index contributed by atoms with van der Waals surface area (Å²) in [5.41, 5.74) is 0.0697. The van der Waals surface area contributed by atoms with Gasteiger partial charge in [-0.3, -0.25) is 4.79 Å². The Kier molecular flexibility index (Phi) is 3.59. The first-order valence-corrected chi connectivity index (χ1v) is 6.82. The van der Waals surface area contributed by atoms with Crippen molar-refractivity contribution in [1.82, 2.24) is 0 Å². The summed E-state index contributed by atoms with van der Waals surface area (Å²) in [6, 6.07) is 15.6. The molecule has 0 saturated carbocycles. The Morgan fingerprint density at radius 2 is 1.86 bits per heavy atom. The van der Waals surface area contributed by atoms with Crippen LogP contribution in [0.1, 0.15) is 16.1 Å². The smallest absolute Gasteiger partial charge is 0.343 e. The molecule has 3 aromatic rings. The summed E-state index contributed by atoms with van der Waals surface area (Å²) in [5.74, 6) is 0.208. The van der Waals surface area contributed by atoms with Crippen molar-refractivity contribution in [3.63, 3.8) is 0 Å². The third-order valence-electron chi connectivity index (χ3n) is 3.20. The van der Waals surface area contributed by atoms with E-state index in [1.54, 1.807) is 42.5 Å². The average Bonchev–Trinajstić information content (AvgIpc) is 2.47. The van der Waals surface area contributed by atoms with Gasteiger partial charge in [0.25, 0.3) is 0 Å². The zero-order valence-corrected chi connectivity index (χ0v) is 11.8. The van der Waals surface area contributed by atoms with Gasteiger partial charge >= 0.3 is 5.63 Å².